The molecule has 0 bridgehead atoms. The number of carboxylic acid groups (broad SMARTS) is 1. The summed E-state index contributed by atoms with van der Waals surface area (Å²) in [4.78, 5) is 22.4. The van der Waals surface area contributed by atoms with E-state index in [4.69, 9.17) is 10.8 Å². The highest BCUT2D eigenvalue weighted by Gasteiger charge is 2.29. The van der Waals surface area contributed by atoms with Crippen molar-refractivity contribution < 1.29 is 14.7 Å². The second-order valence-electron chi connectivity index (χ2n) is 3.92. The van der Waals surface area contributed by atoms with Gasteiger partial charge in [-0.1, -0.05) is 20.3 Å². The molecule has 0 saturated carbocycles. The normalized spacial score (nSPS) is 16.5. The zero-order valence-corrected chi connectivity index (χ0v) is 9.54. The second-order valence-corrected chi connectivity index (χ2v) is 3.92. The van der Waals surface area contributed by atoms with Gasteiger partial charge in [-0.05, 0) is 19.8 Å². The molecule has 15 heavy (non-hydrogen) atoms. The van der Waals surface area contributed by atoms with Crippen LogP contribution < -0.4 is 11.1 Å². The first kappa shape index (κ1) is 13.9. The van der Waals surface area contributed by atoms with Gasteiger partial charge in [0.25, 0.3) is 0 Å². The van der Waals surface area contributed by atoms with Crippen LogP contribution in [0.5, 0.6) is 0 Å². The van der Waals surface area contributed by atoms with E-state index in [9.17, 15) is 9.59 Å². The van der Waals surface area contributed by atoms with Gasteiger partial charge < -0.3 is 16.2 Å². The Hall–Kier alpha value is -1.10. The maximum absolute atomic E-state index is 11.6. The van der Waals surface area contributed by atoms with E-state index in [1.807, 2.05) is 6.92 Å². The molecule has 0 radical (unpaired) electrons. The molecule has 0 aliphatic rings. The van der Waals surface area contributed by atoms with Gasteiger partial charge in [-0.15, -0.1) is 0 Å². The van der Waals surface area contributed by atoms with Crippen molar-refractivity contribution in [2.75, 3.05) is 0 Å². The third-order valence-electron chi connectivity index (χ3n) is 2.43. The standard InChI is InChI=1S/C10H20N2O3/c1-4-6-7(8(13)14)12-9(15)10(3,11)5-2/h7H,4-6,11H2,1-3H3,(H,12,15)(H,13,14)/t7-,10?/m1/s1. The van der Waals surface area contributed by atoms with Crippen molar-refractivity contribution >= 4 is 11.9 Å². The van der Waals surface area contributed by atoms with Crippen LogP contribution in [0.25, 0.3) is 0 Å². The number of nitrogens with two attached hydrogens (primary N) is 1. The van der Waals surface area contributed by atoms with Crippen molar-refractivity contribution in [3.05, 3.63) is 0 Å². The molecule has 5 nitrogen and oxygen atoms in total. The van der Waals surface area contributed by atoms with Crippen molar-refractivity contribution in [1.82, 2.24) is 5.32 Å². The molecule has 88 valence electrons. The Morgan fingerprint density at radius 3 is 2.33 bits per heavy atom. The number of carbonyl (C=O) groups excluding carboxylic acids is 1. The molecular weight excluding hydrogens is 196 g/mol. The molecule has 4 N–H and O–H groups in total. The van der Waals surface area contributed by atoms with Crippen LogP contribution in [-0.2, 0) is 9.59 Å². The molecule has 2 atom stereocenters. The Bertz CT molecular complexity index is 239. The van der Waals surface area contributed by atoms with Crippen LogP contribution in [0.1, 0.15) is 40.0 Å². The summed E-state index contributed by atoms with van der Waals surface area (Å²) < 4.78 is 0. The van der Waals surface area contributed by atoms with Gasteiger partial charge in [0, 0.05) is 0 Å². The number of nitrogens with one attached hydrogen (secondary N) is 1. The molecule has 0 aromatic heterocycles. The smallest absolute Gasteiger partial charge is 0.326 e. The van der Waals surface area contributed by atoms with Gasteiger partial charge in [0.15, 0.2) is 0 Å². The van der Waals surface area contributed by atoms with Crippen molar-refractivity contribution in [3.63, 3.8) is 0 Å². The lowest BCUT2D eigenvalue weighted by Gasteiger charge is -2.24. The van der Waals surface area contributed by atoms with E-state index in [-0.39, 0.29) is 0 Å². The van der Waals surface area contributed by atoms with Gasteiger partial charge in [0.1, 0.15) is 6.04 Å². The predicted octanol–water partition coefficient (Wildman–Crippen LogP) is 0.483. The Kier molecular flexibility index (Phi) is 5.28. The van der Waals surface area contributed by atoms with E-state index in [0.717, 1.165) is 0 Å². The highest BCUT2D eigenvalue weighted by Crippen LogP contribution is 2.06. The highest BCUT2D eigenvalue weighted by atomic mass is 16.4. The lowest BCUT2D eigenvalue weighted by atomic mass is 9.98. The Balaban J connectivity index is 4.41. The molecule has 0 rings (SSSR count). The number of hydrogen-bond donors (Lipinski definition) is 3. The minimum atomic E-state index is -1.02. The third-order valence-corrected chi connectivity index (χ3v) is 2.43. The maximum atomic E-state index is 11.6. The predicted molar refractivity (Wildman–Crippen MR) is 57.4 cm³/mol. The monoisotopic (exact) mass is 216 g/mol. The minimum absolute atomic E-state index is 0.411. The number of amides is 1. The van der Waals surface area contributed by atoms with Gasteiger partial charge in [-0.3, -0.25) is 4.79 Å². The lowest BCUT2D eigenvalue weighted by molar-refractivity contribution is -0.142. The van der Waals surface area contributed by atoms with Crippen molar-refractivity contribution in [2.24, 2.45) is 5.73 Å². The molecule has 0 aliphatic heterocycles. The van der Waals surface area contributed by atoms with Crippen LogP contribution in [0.15, 0.2) is 0 Å². The fourth-order valence-electron chi connectivity index (χ4n) is 1.03. The second kappa shape index (κ2) is 5.70. The van der Waals surface area contributed by atoms with E-state index < -0.39 is 23.5 Å². The molecule has 0 aliphatic carbocycles. The van der Waals surface area contributed by atoms with Crippen LogP contribution in [0.4, 0.5) is 0 Å². The van der Waals surface area contributed by atoms with Crippen LogP contribution in [0, 0.1) is 0 Å². The van der Waals surface area contributed by atoms with E-state index in [1.54, 1.807) is 13.8 Å². The SMILES string of the molecule is CCC[C@@H](NC(=O)C(C)(N)CC)C(=O)O. The fourth-order valence-corrected chi connectivity index (χ4v) is 1.03. The van der Waals surface area contributed by atoms with E-state index in [2.05, 4.69) is 5.32 Å². The molecule has 0 spiro atoms. The number of aliphatic carboxylic acids is 1. The van der Waals surface area contributed by atoms with Gasteiger partial charge >= 0.3 is 5.97 Å². The topological polar surface area (TPSA) is 92.4 Å². The van der Waals surface area contributed by atoms with Gasteiger partial charge in [0.2, 0.25) is 5.91 Å². The van der Waals surface area contributed by atoms with Crippen molar-refractivity contribution in [3.8, 4) is 0 Å². The number of hydrogen-bond acceptors (Lipinski definition) is 3. The van der Waals surface area contributed by atoms with E-state index >= 15 is 0 Å². The fraction of sp³-hybridized carbons (Fsp3) is 0.800. The molecule has 0 heterocycles. The van der Waals surface area contributed by atoms with E-state index in [0.29, 0.717) is 19.3 Å². The summed E-state index contributed by atoms with van der Waals surface area (Å²) in [7, 11) is 0. The summed E-state index contributed by atoms with van der Waals surface area (Å²) in [5, 5.41) is 11.3. The summed E-state index contributed by atoms with van der Waals surface area (Å²) in [6.45, 7) is 5.24. The Labute approximate surface area is 90.0 Å². The van der Waals surface area contributed by atoms with Crippen LogP contribution in [0.2, 0.25) is 0 Å². The van der Waals surface area contributed by atoms with Gasteiger partial charge in [0.05, 0.1) is 5.54 Å². The third kappa shape index (κ3) is 4.29. The zero-order chi connectivity index (χ0) is 12.1. The summed E-state index contributed by atoms with van der Waals surface area (Å²) in [6.07, 6.45) is 1.59. The number of rotatable bonds is 6. The molecule has 0 fully saturated rings. The maximum Gasteiger partial charge on any atom is 0.326 e. The average molecular weight is 216 g/mol. The molecule has 1 amide bonds. The first-order chi connectivity index (χ1) is 6.85. The summed E-state index contributed by atoms with van der Waals surface area (Å²) >= 11 is 0. The van der Waals surface area contributed by atoms with Gasteiger partial charge in [-0.25, -0.2) is 4.79 Å². The summed E-state index contributed by atoms with van der Waals surface area (Å²) in [5.41, 5.74) is 4.70. The van der Waals surface area contributed by atoms with Crippen molar-refractivity contribution in [1.29, 1.82) is 0 Å². The Morgan fingerprint density at radius 2 is 2.00 bits per heavy atom. The molecule has 0 aromatic rings. The molecule has 1 unspecified atom stereocenters. The van der Waals surface area contributed by atoms with Crippen LogP contribution in [-0.4, -0.2) is 28.6 Å². The van der Waals surface area contributed by atoms with Crippen LogP contribution in [0.3, 0.4) is 0 Å². The van der Waals surface area contributed by atoms with Crippen LogP contribution >= 0.6 is 0 Å². The summed E-state index contributed by atoms with van der Waals surface area (Å²) in [5.74, 6) is -1.43. The molecular formula is C10H20N2O3. The minimum Gasteiger partial charge on any atom is -0.480 e. The Morgan fingerprint density at radius 1 is 1.47 bits per heavy atom. The van der Waals surface area contributed by atoms with E-state index in [1.165, 1.54) is 0 Å². The quantitative estimate of drug-likeness (QED) is 0.602. The first-order valence-electron chi connectivity index (χ1n) is 5.17. The average Bonchev–Trinajstić information content (AvgIpc) is 2.16. The zero-order valence-electron chi connectivity index (χ0n) is 9.54. The summed E-state index contributed by atoms with van der Waals surface area (Å²) in [6, 6.07) is -0.836. The first-order valence-corrected chi connectivity index (χ1v) is 5.17. The molecule has 0 saturated heterocycles. The van der Waals surface area contributed by atoms with Gasteiger partial charge in [-0.2, -0.15) is 0 Å². The largest absolute Gasteiger partial charge is 0.480 e. The highest BCUT2D eigenvalue weighted by molar-refractivity contribution is 5.89. The lowest BCUT2D eigenvalue weighted by Crippen LogP contribution is -2.55. The molecule has 5 heteroatoms. The number of carboxylic acids is 1. The van der Waals surface area contributed by atoms with Crippen molar-refractivity contribution in [2.45, 2.75) is 51.6 Å². The number of carbonyl (C=O) groups is 2. The molecule has 0 aromatic carbocycles.